The van der Waals surface area contributed by atoms with Gasteiger partial charge in [0.05, 0.1) is 28.8 Å². The van der Waals surface area contributed by atoms with Gasteiger partial charge in [0.2, 0.25) is 0 Å². The molecular weight excluding hydrogens is 424 g/mol. The second kappa shape index (κ2) is 8.89. The molecular formula is C23H22N6O2S. The second-order valence-electron chi connectivity index (χ2n) is 7.50. The summed E-state index contributed by atoms with van der Waals surface area (Å²) in [5.41, 5.74) is 4.64. The van der Waals surface area contributed by atoms with Crippen LogP contribution >= 0.6 is 11.3 Å². The highest BCUT2D eigenvalue weighted by molar-refractivity contribution is 7.18. The summed E-state index contributed by atoms with van der Waals surface area (Å²) in [5.74, 6) is -0.136. The maximum atomic E-state index is 13.3. The van der Waals surface area contributed by atoms with Crippen molar-refractivity contribution in [2.45, 2.75) is 6.92 Å². The van der Waals surface area contributed by atoms with Crippen LogP contribution < -0.4 is 10.2 Å². The number of carbonyl (C=O) groups excluding carboxylic acids is 1. The summed E-state index contributed by atoms with van der Waals surface area (Å²) in [5, 5.41) is 15.5. The van der Waals surface area contributed by atoms with Crippen LogP contribution in [-0.4, -0.2) is 52.4 Å². The summed E-state index contributed by atoms with van der Waals surface area (Å²) in [7, 11) is 0. The lowest BCUT2D eigenvalue weighted by Gasteiger charge is -2.28. The van der Waals surface area contributed by atoms with Gasteiger partial charge >= 0.3 is 0 Å². The lowest BCUT2D eigenvalue weighted by atomic mass is 10.1. The highest BCUT2D eigenvalue weighted by atomic mass is 32.1. The molecule has 0 atom stereocenters. The van der Waals surface area contributed by atoms with Crippen molar-refractivity contribution in [3.8, 4) is 16.8 Å². The number of morpholine rings is 1. The Balaban J connectivity index is 1.46. The Labute approximate surface area is 189 Å². The number of aryl methyl sites for hydroxylation is 1. The number of amides is 1. The molecule has 1 fully saturated rings. The summed E-state index contributed by atoms with van der Waals surface area (Å²) in [6.07, 6.45) is 1.52. The van der Waals surface area contributed by atoms with E-state index in [0.717, 1.165) is 46.2 Å². The molecule has 0 radical (unpaired) electrons. The van der Waals surface area contributed by atoms with E-state index in [-0.39, 0.29) is 5.91 Å². The summed E-state index contributed by atoms with van der Waals surface area (Å²) in [6, 6.07) is 17.9. The molecule has 3 heterocycles. The zero-order valence-corrected chi connectivity index (χ0v) is 18.4. The molecule has 4 aromatic rings. The Kier molecular flexibility index (Phi) is 5.66. The molecule has 32 heavy (non-hydrogen) atoms. The predicted octanol–water partition coefficient (Wildman–Crippen LogP) is 3.79. The molecule has 1 aliphatic heterocycles. The Morgan fingerprint density at radius 3 is 2.66 bits per heavy atom. The smallest absolute Gasteiger partial charge is 0.265 e. The van der Waals surface area contributed by atoms with Crippen molar-refractivity contribution in [2.75, 3.05) is 36.5 Å². The third kappa shape index (κ3) is 4.12. The number of ether oxygens (including phenoxy) is 1. The third-order valence-corrected chi connectivity index (χ3v) is 6.60. The summed E-state index contributed by atoms with van der Waals surface area (Å²) < 4.78 is 7.08. The number of nitrogens with zero attached hydrogens (tertiary/aromatic N) is 5. The topological polar surface area (TPSA) is 85.2 Å². The van der Waals surface area contributed by atoms with Crippen molar-refractivity contribution < 1.29 is 9.53 Å². The van der Waals surface area contributed by atoms with E-state index >= 15 is 0 Å². The van der Waals surface area contributed by atoms with E-state index in [2.05, 4.69) is 37.9 Å². The van der Waals surface area contributed by atoms with Crippen molar-refractivity contribution in [1.82, 2.24) is 20.2 Å². The molecule has 0 saturated carbocycles. The van der Waals surface area contributed by atoms with Crippen LogP contribution in [0.5, 0.6) is 0 Å². The maximum Gasteiger partial charge on any atom is 0.265 e. The lowest BCUT2D eigenvalue weighted by Crippen LogP contribution is -2.35. The van der Waals surface area contributed by atoms with Gasteiger partial charge in [-0.1, -0.05) is 36.4 Å². The summed E-state index contributed by atoms with van der Waals surface area (Å²) >= 11 is 1.52. The average molecular weight is 447 g/mol. The van der Waals surface area contributed by atoms with E-state index in [1.165, 1.54) is 17.7 Å². The highest BCUT2D eigenvalue weighted by Crippen LogP contribution is 2.39. The largest absolute Gasteiger partial charge is 0.378 e. The Hall–Kier alpha value is -3.56. The minimum absolute atomic E-state index is 0.136. The molecule has 8 nitrogen and oxygen atoms in total. The fraction of sp³-hybridized carbons (Fsp3) is 0.217. The number of nitrogens with one attached hydrogen (secondary N) is 1. The van der Waals surface area contributed by atoms with Crippen LogP contribution in [0.15, 0.2) is 60.9 Å². The van der Waals surface area contributed by atoms with E-state index in [1.54, 1.807) is 4.68 Å². The molecule has 2 aromatic carbocycles. The van der Waals surface area contributed by atoms with Crippen LogP contribution in [0.1, 0.15) is 15.2 Å². The van der Waals surface area contributed by atoms with Crippen LogP contribution in [0, 0.1) is 6.92 Å². The highest BCUT2D eigenvalue weighted by Gasteiger charge is 2.22. The number of anilines is 2. The number of benzene rings is 2. The van der Waals surface area contributed by atoms with Crippen LogP contribution in [-0.2, 0) is 4.74 Å². The van der Waals surface area contributed by atoms with Crippen LogP contribution in [0.3, 0.4) is 0 Å². The monoisotopic (exact) mass is 446 g/mol. The molecule has 0 aliphatic carbocycles. The number of aromatic nitrogens is 4. The van der Waals surface area contributed by atoms with Crippen molar-refractivity contribution in [2.24, 2.45) is 0 Å². The van der Waals surface area contributed by atoms with Crippen molar-refractivity contribution in [3.63, 3.8) is 0 Å². The molecule has 9 heteroatoms. The molecule has 1 aliphatic rings. The second-order valence-corrected chi connectivity index (χ2v) is 8.53. The van der Waals surface area contributed by atoms with Crippen LogP contribution in [0.2, 0.25) is 0 Å². The molecule has 162 valence electrons. The van der Waals surface area contributed by atoms with E-state index in [4.69, 9.17) is 4.74 Å². The van der Waals surface area contributed by atoms with Gasteiger partial charge < -0.3 is 15.0 Å². The molecule has 0 spiro atoms. The van der Waals surface area contributed by atoms with Crippen LogP contribution in [0.25, 0.3) is 16.8 Å². The van der Waals surface area contributed by atoms with Gasteiger partial charge in [0.25, 0.3) is 5.91 Å². The fourth-order valence-corrected chi connectivity index (χ4v) is 4.80. The van der Waals surface area contributed by atoms with E-state index in [0.29, 0.717) is 18.1 Å². The first-order valence-corrected chi connectivity index (χ1v) is 11.2. The maximum absolute atomic E-state index is 13.3. The van der Waals surface area contributed by atoms with Gasteiger partial charge in [-0.3, -0.25) is 4.79 Å². The normalized spacial score (nSPS) is 13.8. The van der Waals surface area contributed by atoms with Gasteiger partial charge in [0.15, 0.2) is 0 Å². The predicted molar refractivity (Wildman–Crippen MR) is 125 cm³/mol. The van der Waals surface area contributed by atoms with E-state index in [1.807, 2.05) is 49.4 Å². The number of rotatable bonds is 5. The molecule has 0 bridgehead atoms. The number of carbonyl (C=O) groups is 1. The van der Waals surface area contributed by atoms with E-state index < -0.39 is 0 Å². The molecule has 0 unspecified atom stereocenters. The molecule has 1 saturated heterocycles. The lowest BCUT2D eigenvalue weighted by molar-refractivity contribution is 0.103. The molecule has 1 amide bonds. The van der Waals surface area contributed by atoms with Crippen LogP contribution in [0.4, 0.5) is 10.7 Å². The van der Waals surface area contributed by atoms with Crippen molar-refractivity contribution in [3.05, 3.63) is 71.4 Å². The van der Waals surface area contributed by atoms with Gasteiger partial charge in [0.1, 0.15) is 6.33 Å². The van der Waals surface area contributed by atoms with Gasteiger partial charge in [0, 0.05) is 24.3 Å². The quantitative estimate of drug-likeness (QED) is 0.502. The SMILES string of the molecule is Cc1ccc(-n2cnnn2)cc1NC(=O)c1cc(-c2ccccc2)c(N2CCOCC2)s1. The van der Waals surface area contributed by atoms with Gasteiger partial charge in [-0.25, -0.2) is 4.68 Å². The minimum atomic E-state index is -0.136. The van der Waals surface area contributed by atoms with Gasteiger partial charge in [-0.2, -0.15) is 0 Å². The number of tetrazole rings is 1. The molecule has 2 aromatic heterocycles. The summed E-state index contributed by atoms with van der Waals surface area (Å²) in [4.78, 5) is 16.2. The average Bonchev–Trinajstić information content (AvgIpc) is 3.52. The molecule has 5 rings (SSSR count). The van der Waals surface area contributed by atoms with Gasteiger partial charge in [-0.15, -0.1) is 16.4 Å². The first-order valence-electron chi connectivity index (χ1n) is 10.4. The Morgan fingerprint density at radius 2 is 1.91 bits per heavy atom. The Morgan fingerprint density at radius 1 is 1.09 bits per heavy atom. The summed E-state index contributed by atoms with van der Waals surface area (Å²) in [6.45, 7) is 4.97. The number of hydrogen-bond acceptors (Lipinski definition) is 7. The van der Waals surface area contributed by atoms with Crippen molar-refractivity contribution >= 4 is 27.9 Å². The number of thiophene rings is 1. The molecule has 1 N–H and O–H groups in total. The standard InChI is InChI=1S/C23H22N6O2S/c1-16-7-8-18(29-15-24-26-27-29)13-20(16)25-22(30)21-14-19(17-5-3-2-4-6-17)23(32-21)28-9-11-31-12-10-28/h2-8,13-15H,9-12H2,1H3,(H,25,30). The minimum Gasteiger partial charge on any atom is -0.378 e. The first kappa shape index (κ1) is 20.3. The Bertz CT molecular complexity index is 1220. The first-order chi connectivity index (χ1) is 15.7. The third-order valence-electron chi connectivity index (χ3n) is 5.40. The fourth-order valence-electron chi connectivity index (χ4n) is 3.67. The number of hydrogen-bond donors (Lipinski definition) is 1. The van der Waals surface area contributed by atoms with E-state index in [9.17, 15) is 4.79 Å². The zero-order valence-electron chi connectivity index (χ0n) is 17.6. The zero-order chi connectivity index (χ0) is 21.9. The van der Waals surface area contributed by atoms with Crippen molar-refractivity contribution in [1.29, 1.82) is 0 Å². The van der Waals surface area contributed by atoms with Gasteiger partial charge in [-0.05, 0) is 46.7 Å².